The van der Waals surface area contributed by atoms with Crippen molar-refractivity contribution in [3.05, 3.63) is 119 Å². The number of aliphatic hydroxyl groups is 2. The minimum atomic E-state index is -0.936. The van der Waals surface area contributed by atoms with E-state index in [4.69, 9.17) is 11.5 Å². The first-order valence-electron chi connectivity index (χ1n) is 15.1. The summed E-state index contributed by atoms with van der Waals surface area (Å²) in [6, 6.07) is 30.4. The molecule has 0 aliphatic heterocycles. The maximum absolute atomic E-state index is 9.49. The van der Waals surface area contributed by atoms with E-state index in [9.17, 15) is 5.11 Å². The summed E-state index contributed by atoms with van der Waals surface area (Å²) in [7, 11) is 0. The summed E-state index contributed by atoms with van der Waals surface area (Å²) < 4.78 is 0. The van der Waals surface area contributed by atoms with Crippen LogP contribution in [-0.4, -0.2) is 34.5 Å². The molecule has 0 spiro atoms. The van der Waals surface area contributed by atoms with Gasteiger partial charge in [-0.1, -0.05) is 138 Å². The monoisotopic (exact) mass is 682 g/mol. The number of nitrogens with one attached hydrogen (secondary N) is 2. The van der Waals surface area contributed by atoms with Crippen LogP contribution in [0.4, 0.5) is 0 Å². The van der Waals surface area contributed by atoms with Crippen LogP contribution >= 0.6 is 15.9 Å². The number of hydrogen-bond acceptors (Lipinski definition) is 4. The maximum Gasteiger partial charge on any atom is 0.120 e. The molecular weight excluding hydrogens is 632 g/mol. The highest BCUT2D eigenvalue weighted by Gasteiger charge is 2.09. The van der Waals surface area contributed by atoms with Crippen LogP contribution in [0.1, 0.15) is 72.2 Å². The van der Waals surface area contributed by atoms with E-state index < -0.39 is 11.2 Å². The van der Waals surface area contributed by atoms with E-state index in [-0.39, 0.29) is 13.5 Å². The first kappa shape index (κ1) is 40.3. The average Bonchev–Trinajstić information content (AvgIpc) is 3.02. The Labute approximate surface area is 286 Å². The van der Waals surface area contributed by atoms with Crippen molar-refractivity contribution in [3.63, 3.8) is 0 Å². The van der Waals surface area contributed by atoms with Crippen molar-refractivity contribution < 1.29 is 10.2 Å². The van der Waals surface area contributed by atoms with Gasteiger partial charge >= 0.3 is 0 Å². The second-order valence-electron chi connectivity index (χ2n) is 11.7. The molecular formula is C41H51BrN2O2. The maximum atomic E-state index is 9.49. The van der Waals surface area contributed by atoms with Gasteiger partial charge in [0, 0.05) is 25.2 Å². The van der Waals surface area contributed by atoms with E-state index in [1.54, 1.807) is 33.8 Å². The molecule has 4 aromatic carbocycles. The fourth-order valence-electron chi connectivity index (χ4n) is 4.35. The van der Waals surface area contributed by atoms with Gasteiger partial charge in [-0.15, -0.1) is 6.42 Å². The summed E-state index contributed by atoms with van der Waals surface area (Å²) in [6.07, 6.45) is 10.6. The molecule has 5 heteroatoms. The Morgan fingerprint density at radius 1 is 0.717 bits per heavy atom. The first-order chi connectivity index (χ1) is 21.4. The zero-order valence-electron chi connectivity index (χ0n) is 27.3. The number of hydrogen-bond donors (Lipinski definition) is 4. The minimum absolute atomic E-state index is 0. The van der Waals surface area contributed by atoms with Crippen LogP contribution in [0.3, 0.4) is 0 Å². The smallest absolute Gasteiger partial charge is 0.120 e. The number of rotatable bonds is 8. The SMILES string of the molecule is C.C#CC(C)(C)O.C[C@@H](NC/C=C/Br)c1cccc2ccccc12.C[C@@H](NC/C=C/C#CC(C)(C)O)c1cccc2ccccc12. The molecule has 0 fully saturated rings. The zero-order chi connectivity index (χ0) is 33.3. The second-order valence-corrected chi connectivity index (χ2v) is 12.2. The molecule has 0 aliphatic carbocycles. The first-order valence-corrected chi connectivity index (χ1v) is 16.1. The van der Waals surface area contributed by atoms with Gasteiger partial charge in [0.15, 0.2) is 0 Å². The quantitative estimate of drug-likeness (QED) is 0.140. The van der Waals surface area contributed by atoms with Crippen LogP contribution in [0.2, 0.25) is 0 Å². The lowest BCUT2D eigenvalue weighted by atomic mass is 10.00. The molecule has 4 N–H and O–H groups in total. The predicted molar refractivity (Wildman–Crippen MR) is 204 cm³/mol. The summed E-state index contributed by atoms with van der Waals surface area (Å²) in [5, 5.41) is 30.2. The van der Waals surface area contributed by atoms with Crippen molar-refractivity contribution in [2.45, 2.75) is 72.3 Å². The molecule has 0 aromatic heterocycles. The number of fused-ring (bicyclic) bond motifs is 2. The Morgan fingerprint density at radius 3 is 1.54 bits per heavy atom. The van der Waals surface area contributed by atoms with E-state index in [1.807, 2.05) is 11.1 Å². The number of halogens is 1. The van der Waals surface area contributed by atoms with Gasteiger partial charge in [-0.25, -0.2) is 0 Å². The third kappa shape index (κ3) is 15.1. The lowest BCUT2D eigenvalue weighted by Gasteiger charge is -2.15. The molecule has 0 aliphatic rings. The van der Waals surface area contributed by atoms with Gasteiger partial charge in [0.05, 0.1) is 0 Å². The fraction of sp³-hybridized carbons (Fsp3) is 0.317. The van der Waals surface area contributed by atoms with Crippen LogP contribution in [0, 0.1) is 24.2 Å². The van der Waals surface area contributed by atoms with Crippen molar-refractivity contribution in [3.8, 4) is 24.2 Å². The molecule has 2 atom stereocenters. The van der Waals surface area contributed by atoms with E-state index in [0.717, 1.165) is 13.1 Å². The summed E-state index contributed by atoms with van der Waals surface area (Å²) in [6.45, 7) is 12.5. The third-order valence-electron chi connectivity index (χ3n) is 6.69. The minimum Gasteiger partial charge on any atom is -0.378 e. The Bertz CT molecular complexity index is 1630. The molecule has 4 rings (SSSR count). The van der Waals surface area contributed by atoms with Crippen molar-refractivity contribution in [2.24, 2.45) is 0 Å². The molecule has 0 radical (unpaired) electrons. The standard InChI is InChI=1S/C20H23NO.C15H16BrN.C5H8O.CH4/c1-16(21-15-8-4-7-14-20(2,3)22)18-13-9-11-17-10-5-6-12-19(17)18;1-12(17-11-5-10-16)14-9-4-7-13-6-2-3-8-15(13)14;1-4-5(2,3)6;/h4-6,8-13,16,21-22H,15H2,1-3H3;2-10,12,17H,11H2,1H3;1,6H,2-3H3;1H4/b8-4+;10-5+;;/t16-;12-;;/m11../s1. The normalized spacial score (nSPS) is 12.5. The van der Waals surface area contributed by atoms with Crippen LogP contribution < -0.4 is 10.6 Å². The van der Waals surface area contributed by atoms with Crippen LogP contribution in [0.25, 0.3) is 21.5 Å². The number of allylic oxidation sites excluding steroid dienone is 1. The molecule has 4 aromatic rings. The number of terminal acetylenes is 1. The molecule has 0 heterocycles. The molecule has 0 unspecified atom stereocenters. The lowest BCUT2D eigenvalue weighted by Crippen LogP contribution is -2.18. The van der Waals surface area contributed by atoms with Gasteiger partial charge in [0.2, 0.25) is 0 Å². The predicted octanol–water partition coefficient (Wildman–Crippen LogP) is 9.25. The van der Waals surface area contributed by atoms with Gasteiger partial charge in [-0.3, -0.25) is 0 Å². The average molecular weight is 684 g/mol. The highest BCUT2D eigenvalue weighted by atomic mass is 79.9. The second kappa shape index (κ2) is 20.4. The van der Waals surface area contributed by atoms with E-state index in [2.05, 4.69) is 149 Å². The van der Waals surface area contributed by atoms with Crippen LogP contribution in [0.5, 0.6) is 0 Å². The summed E-state index contributed by atoms with van der Waals surface area (Å²) in [5.41, 5.74) is 0.786. The van der Waals surface area contributed by atoms with Crippen molar-refractivity contribution in [2.75, 3.05) is 13.1 Å². The summed E-state index contributed by atoms with van der Waals surface area (Å²) in [4.78, 5) is 1.88. The molecule has 4 nitrogen and oxygen atoms in total. The van der Waals surface area contributed by atoms with Gasteiger partial charge in [0.25, 0.3) is 0 Å². The summed E-state index contributed by atoms with van der Waals surface area (Å²) in [5.74, 6) is 7.76. The van der Waals surface area contributed by atoms with Gasteiger partial charge in [0.1, 0.15) is 11.2 Å². The van der Waals surface area contributed by atoms with Crippen molar-refractivity contribution >= 4 is 37.5 Å². The van der Waals surface area contributed by atoms with E-state index in [1.165, 1.54) is 32.7 Å². The molecule has 0 saturated carbocycles. The van der Waals surface area contributed by atoms with Crippen molar-refractivity contribution in [1.29, 1.82) is 0 Å². The number of benzene rings is 4. The Balaban J connectivity index is 0.000000392. The van der Waals surface area contributed by atoms with Gasteiger partial charge in [-0.05, 0) is 85.3 Å². The Kier molecular flexibility index (Phi) is 17.9. The largest absolute Gasteiger partial charge is 0.378 e. The fourth-order valence-corrected chi connectivity index (χ4v) is 4.53. The topological polar surface area (TPSA) is 64.5 Å². The Morgan fingerprint density at radius 2 is 1.13 bits per heavy atom. The highest BCUT2D eigenvalue weighted by molar-refractivity contribution is 9.11. The Hall–Kier alpha value is -3.68. The summed E-state index contributed by atoms with van der Waals surface area (Å²) >= 11 is 3.27. The molecule has 0 saturated heterocycles. The van der Waals surface area contributed by atoms with Gasteiger partial charge < -0.3 is 20.8 Å². The lowest BCUT2D eigenvalue weighted by molar-refractivity contribution is 0.143. The van der Waals surface area contributed by atoms with Gasteiger partial charge in [-0.2, -0.15) is 0 Å². The van der Waals surface area contributed by atoms with Crippen LogP contribution in [-0.2, 0) is 0 Å². The molecule has 46 heavy (non-hydrogen) atoms. The zero-order valence-corrected chi connectivity index (χ0v) is 28.9. The van der Waals surface area contributed by atoms with Crippen LogP contribution in [0.15, 0.2) is 108 Å². The van der Waals surface area contributed by atoms with E-state index >= 15 is 0 Å². The van der Waals surface area contributed by atoms with Crippen molar-refractivity contribution in [1.82, 2.24) is 10.6 Å². The molecule has 0 bridgehead atoms. The molecule has 0 amide bonds. The third-order valence-corrected chi connectivity index (χ3v) is 7.06. The highest BCUT2D eigenvalue weighted by Crippen LogP contribution is 2.25. The van der Waals surface area contributed by atoms with E-state index in [0.29, 0.717) is 6.04 Å². The molecule has 244 valence electrons.